The maximum atomic E-state index is 11.7. The van der Waals surface area contributed by atoms with Gasteiger partial charge in [0.15, 0.2) is 0 Å². The second kappa shape index (κ2) is 8.62. The summed E-state index contributed by atoms with van der Waals surface area (Å²) in [5.74, 6) is 1.81. The third kappa shape index (κ3) is 5.76. The third-order valence-electron chi connectivity index (χ3n) is 4.91. The van der Waals surface area contributed by atoms with Crippen LogP contribution in [0.3, 0.4) is 0 Å². The van der Waals surface area contributed by atoms with E-state index < -0.39 is 0 Å². The molecular formula is C19H33N3O. The van der Waals surface area contributed by atoms with Crippen LogP contribution in [0.2, 0.25) is 0 Å². The van der Waals surface area contributed by atoms with Crippen molar-refractivity contribution in [3.63, 3.8) is 0 Å². The first-order chi connectivity index (χ1) is 11.0. The monoisotopic (exact) mass is 319 g/mol. The van der Waals surface area contributed by atoms with E-state index in [2.05, 4.69) is 34.7 Å². The fourth-order valence-corrected chi connectivity index (χ4v) is 3.31. The molecule has 0 radical (unpaired) electrons. The molecule has 0 amide bonds. The third-order valence-corrected chi connectivity index (χ3v) is 4.91. The zero-order valence-electron chi connectivity index (χ0n) is 15.3. The molecule has 0 spiro atoms. The molecule has 2 rings (SSSR count). The highest BCUT2D eigenvalue weighted by Gasteiger charge is 2.20. The van der Waals surface area contributed by atoms with E-state index >= 15 is 0 Å². The molecule has 130 valence electrons. The number of hydrogen-bond acceptors (Lipinski definition) is 3. The normalized spacial score (nSPS) is 19.7. The lowest BCUT2D eigenvalue weighted by molar-refractivity contribution is -0.122. The predicted molar refractivity (Wildman–Crippen MR) is 94.6 cm³/mol. The fraction of sp³-hybridized carbons (Fsp3) is 0.789. The lowest BCUT2D eigenvalue weighted by Crippen LogP contribution is -2.37. The molecule has 0 unspecified atom stereocenters. The molecule has 1 aromatic heterocycles. The number of Topliss-reactive ketones (excluding diaryl/α,β-unsaturated/α-hetero) is 1. The maximum absolute atomic E-state index is 11.7. The van der Waals surface area contributed by atoms with Gasteiger partial charge in [0, 0.05) is 31.6 Å². The van der Waals surface area contributed by atoms with Crippen LogP contribution in [0.4, 0.5) is 0 Å². The first-order valence-corrected chi connectivity index (χ1v) is 9.23. The predicted octanol–water partition coefficient (Wildman–Crippen LogP) is 3.72. The van der Waals surface area contributed by atoms with Crippen LogP contribution in [0.1, 0.15) is 64.9 Å². The van der Waals surface area contributed by atoms with Crippen molar-refractivity contribution in [2.45, 2.75) is 65.8 Å². The van der Waals surface area contributed by atoms with Crippen LogP contribution in [0, 0.1) is 11.8 Å². The molecule has 23 heavy (non-hydrogen) atoms. The van der Waals surface area contributed by atoms with E-state index in [1.807, 2.05) is 20.0 Å². The highest BCUT2D eigenvalue weighted by atomic mass is 16.1. The number of piperidine rings is 1. The number of aromatic nitrogens is 2. The van der Waals surface area contributed by atoms with Crippen LogP contribution in [0.5, 0.6) is 0 Å². The minimum Gasteiger partial charge on any atom is -0.303 e. The van der Waals surface area contributed by atoms with Gasteiger partial charge in [-0.05, 0) is 49.8 Å². The van der Waals surface area contributed by atoms with Crippen molar-refractivity contribution in [3.8, 4) is 0 Å². The first-order valence-electron chi connectivity index (χ1n) is 9.23. The van der Waals surface area contributed by atoms with Crippen LogP contribution >= 0.6 is 0 Å². The molecule has 1 aliphatic heterocycles. The Kier molecular flexibility index (Phi) is 6.82. The summed E-state index contributed by atoms with van der Waals surface area (Å²) in [5, 5.41) is 4.51. The number of ketones is 1. The molecule has 1 aromatic rings. The number of carbonyl (C=O) groups excluding carboxylic acids is 1. The summed E-state index contributed by atoms with van der Waals surface area (Å²) in [4.78, 5) is 14.3. The molecule has 0 N–H and O–H groups in total. The number of hydrogen-bond donors (Lipinski definition) is 0. The Morgan fingerprint density at radius 3 is 2.78 bits per heavy atom. The Morgan fingerprint density at radius 2 is 2.13 bits per heavy atom. The van der Waals surface area contributed by atoms with Crippen molar-refractivity contribution in [1.82, 2.24) is 14.7 Å². The number of nitrogens with zero attached hydrogens (tertiary/aromatic N) is 3. The first kappa shape index (κ1) is 18.2. The summed E-state index contributed by atoms with van der Waals surface area (Å²) >= 11 is 0. The lowest BCUT2D eigenvalue weighted by Gasteiger charge is -2.32. The molecule has 2 heterocycles. The van der Waals surface area contributed by atoms with Crippen LogP contribution in [0.15, 0.2) is 12.4 Å². The Bertz CT molecular complexity index is 493. The van der Waals surface area contributed by atoms with Crippen molar-refractivity contribution in [2.24, 2.45) is 11.8 Å². The number of likely N-dealkylation sites (tertiary alicyclic amines) is 1. The zero-order valence-corrected chi connectivity index (χ0v) is 15.3. The van der Waals surface area contributed by atoms with Crippen molar-refractivity contribution in [2.75, 3.05) is 19.6 Å². The average Bonchev–Trinajstić information content (AvgIpc) is 2.96. The minimum absolute atomic E-state index is 0.180. The van der Waals surface area contributed by atoms with Crippen molar-refractivity contribution < 1.29 is 4.79 Å². The average molecular weight is 319 g/mol. The lowest BCUT2D eigenvalue weighted by atomic mass is 9.97. The van der Waals surface area contributed by atoms with Gasteiger partial charge in [-0.1, -0.05) is 27.7 Å². The number of carbonyl (C=O) groups is 1. The molecule has 0 aliphatic carbocycles. The van der Waals surface area contributed by atoms with E-state index in [0.29, 0.717) is 17.6 Å². The van der Waals surface area contributed by atoms with E-state index in [1.165, 1.54) is 24.9 Å². The van der Waals surface area contributed by atoms with Crippen molar-refractivity contribution in [3.05, 3.63) is 18.0 Å². The van der Waals surface area contributed by atoms with Gasteiger partial charge in [-0.3, -0.25) is 9.48 Å². The van der Waals surface area contributed by atoms with E-state index in [9.17, 15) is 4.79 Å². The van der Waals surface area contributed by atoms with Crippen LogP contribution in [0.25, 0.3) is 0 Å². The van der Waals surface area contributed by atoms with Gasteiger partial charge < -0.3 is 4.90 Å². The second-order valence-electron chi connectivity index (χ2n) is 7.68. The number of rotatable bonds is 8. The molecule has 4 nitrogen and oxygen atoms in total. The largest absolute Gasteiger partial charge is 0.303 e. The zero-order chi connectivity index (χ0) is 16.8. The Hall–Kier alpha value is -1.16. The Labute approximate surface area is 141 Å². The minimum atomic E-state index is 0.180. The SMILES string of the molecule is CC(C)C(=O)CCCN1CCC[C@@H](Cn2cc(C(C)C)cn2)C1. The van der Waals surface area contributed by atoms with E-state index in [1.54, 1.807) is 0 Å². The van der Waals surface area contributed by atoms with Gasteiger partial charge in [0.05, 0.1) is 6.20 Å². The van der Waals surface area contributed by atoms with Gasteiger partial charge in [-0.2, -0.15) is 5.10 Å². The molecule has 1 atom stereocenters. The molecule has 1 saturated heterocycles. The summed E-state index contributed by atoms with van der Waals surface area (Å²) in [7, 11) is 0. The van der Waals surface area contributed by atoms with Gasteiger partial charge in [0.2, 0.25) is 0 Å². The van der Waals surface area contributed by atoms with Crippen molar-refractivity contribution >= 4 is 5.78 Å². The van der Waals surface area contributed by atoms with Crippen molar-refractivity contribution in [1.29, 1.82) is 0 Å². The van der Waals surface area contributed by atoms with E-state index in [0.717, 1.165) is 32.5 Å². The summed E-state index contributed by atoms with van der Waals surface area (Å²) in [6.07, 6.45) is 8.49. The molecule has 0 bridgehead atoms. The Balaban J connectivity index is 1.75. The molecule has 1 aliphatic rings. The molecule has 0 saturated carbocycles. The highest BCUT2D eigenvalue weighted by Crippen LogP contribution is 2.20. The summed E-state index contributed by atoms with van der Waals surface area (Å²) in [5.41, 5.74) is 1.32. The summed E-state index contributed by atoms with van der Waals surface area (Å²) < 4.78 is 2.12. The van der Waals surface area contributed by atoms with Gasteiger partial charge in [0.25, 0.3) is 0 Å². The van der Waals surface area contributed by atoms with Gasteiger partial charge in [-0.15, -0.1) is 0 Å². The summed E-state index contributed by atoms with van der Waals surface area (Å²) in [6.45, 7) is 12.8. The van der Waals surface area contributed by atoms with Crippen LogP contribution in [-0.2, 0) is 11.3 Å². The van der Waals surface area contributed by atoms with E-state index in [4.69, 9.17) is 0 Å². The van der Waals surface area contributed by atoms with E-state index in [-0.39, 0.29) is 5.92 Å². The Morgan fingerprint density at radius 1 is 1.35 bits per heavy atom. The molecule has 0 aromatic carbocycles. The molecule has 1 fully saturated rings. The quantitative estimate of drug-likeness (QED) is 0.733. The molecular weight excluding hydrogens is 286 g/mol. The fourth-order valence-electron chi connectivity index (χ4n) is 3.31. The van der Waals surface area contributed by atoms with Gasteiger partial charge >= 0.3 is 0 Å². The van der Waals surface area contributed by atoms with Crippen LogP contribution in [-0.4, -0.2) is 40.1 Å². The standard InChI is InChI=1S/C19H33N3O/c1-15(2)18-11-20-22(14-18)13-17-7-5-9-21(12-17)10-6-8-19(23)16(3)4/h11,14-17H,5-10,12-13H2,1-4H3/t17-/m1/s1. The summed E-state index contributed by atoms with van der Waals surface area (Å²) in [6, 6.07) is 0. The van der Waals surface area contributed by atoms with Gasteiger partial charge in [-0.25, -0.2) is 0 Å². The second-order valence-corrected chi connectivity index (χ2v) is 7.68. The van der Waals surface area contributed by atoms with Gasteiger partial charge in [0.1, 0.15) is 5.78 Å². The smallest absolute Gasteiger partial charge is 0.135 e. The highest BCUT2D eigenvalue weighted by molar-refractivity contribution is 5.80. The maximum Gasteiger partial charge on any atom is 0.135 e. The van der Waals surface area contributed by atoms with Crippen LogP contribution < -0.4 is 0 Å². The molecule has 4 heteroatoms. The topological polar surface area (TPSA) is 38.1 Å².